The summed E-state index contributed by atoms with van der Waals surface area (Å²) in [6.07, 6.45) is -1.66. The largest absolute Gasteiger partial charge is 0.473 e. The van der Waals surface area contributed by atoms with E-state index < -0.39 is 29.6 Å². The molecule has 1 atom stereocenters. The van der Waals surface area contributed by atoms with E-state index in [0.717, 1.165) is 0 Å². The molecule has 1 amide bonds. The Kier molecular flexibility index (Phi) is 6.44. The van der Waals surface area contributed by atoms with Crippen LogP contribution in [0.4, 0.5) is 14.9 Å². The lowest BCUT2D eigenvalue weighted by Crippen LogP contribution is -2.27. The van der Waals surface area contributed by atoms with Gasteiger partial charge in [0.15, 0.2) is 0 Å². The number of fused-ring (bicyclic) bond motifs is 1. The molecule has 0 spiro atoms. The first-order valence-corrected chi connectivity index (χ1v) is 9.69. The number of esters is 1. The SMILES string of the molecule is COC(=O)C(Oc1ccc(NC(=O)OC(C)(C)C)c2ccccc12)c1ccc(F)cc1. The maximum absolute atomic E-state index is 13.3. The second-order valence-corrected chi connectivity index (χ2v) is 7.86. The molecular formula is C24H24FNO5. The Morgan fingerprint density at radius 2 is 1.58 bits per heavy atom. The molecule has 0 saturated carbocycles. The second-order valence-electron chi connectivity index (χ2n) is 7.86. The Morgan fingerprint density at radius 1 is 0.935 bits per heavy atom. The van der Waals surface area contributed by atoms with E-state index in [1.807, 2.05) is 24.3 Å². The van der Waals surface area contributed by atoms with Crippen molar-refractivity contribution in [2.75, 3.05) is 12.4 Å². The van der Waals surface area contributed by atoms with Crippen LogP contribution >= 0.6 is 0 Å². The maximum Gasteiger partial charge on any atom is 0.412 e. The molecule has 0 heterocycles. The summed E-state index contributed by atoms with van der Waals surface area (Å²) in [5.74, 6) is -0.632. The van der Waals surface area contributed by atoms with E-state index in [-0.39, 0.29) is 0 Å². The summed E-state index contributed by atoms with van der Waals surface area (Å²) in [5.41, 5.74) is 0.355. The van der Waals surface area contributed by atoms with Crippen LogP contribution in [0.2, 0.25) is 0 Å². The number of halogens is 1. The topological polar surface area (TPSA) is 73.9 Å². The minimum absolute atomic E-state index is 0.407. The summed E-state index contributed by atoms with van der Waals surface area (Å²) >= 11 is 0. The van der Waals surface area contributed by atoms with Crippen molar-refractivity contribution in [2.24, 2.45) is 0 Å². The predicted octanol–water partition coefficient (Wildman–Crippen LogP) is 5.62. The lowest BCUT2D eigenvalue weighted by atomic mass is 10.1. The molecule has 0 radical (unpaired) electrons. The van der Waals surface area contributed by atoms with Gasteiger partial charge in [0.1, 0.15) is 17.2 Å². The molecule has 0 aliphatic rings. The summed E-state index contributed by atoms with van der Waals surface area (Å²) in [4.78, 5) is 24.6. The Hall–Kier alpha value is -3.61. The monoisotopic (exact) mass is 425 g/mol. The molecular weight excluding hydrogens is 401 g/mol. The molecule has 0 saturated heterocycles. The zero-order chi connectivity index (χ0) is 22.6. The van der Waals surface area contributed by atoms with E-state index in [0.29, 0.717) is 27.8 Å². The zero-order valence-corrected chi connectivity index (χ0v) is 17.8. The van der Waals surface area contributed by atoms with Crippen molar-refractivity contribution in [3.8, 4) is 5.75 Å². The van der Waals surface area contributed by atoms with Crippen LogP contribution < -0.4 is 10.1 Å². The summed E-state index contributed by atoms with van der Waals surface area (Å²) < 4.78 is 29.5. The molecule has 0 aliphatic heterocycles. The summed E-state index contributed by atoms with van der Waals surface area (Å²) in [5, 5.41) is 4.12. The molecule has 0 aliphatic carbocycles. The Morgan fingerprint density at radius 3 is 2.19 bits per heavy atom. The first-order chi connectivity index (χ1) is 14.7. The molecule has 0 aromatic heterocycles. The van der Waals surface area contributed by atoms with Gasteiger partial charge in [0, 0.05) is 16.3 Å². The van der Waals surface area contributed by atoms with Crippen molar-refractivity contribution in [3.05, 3.63) is 72.0 Å². The van der Waals surface area contributed by atoms with Crippen LogP contribution in [0, 0.1) is 5.82 Å². The van der Waals surface area contributed by atoms with Crippen LogP contribution in [0.15, 0.2) is 60.7 Å². The highest BCUT2D eigenvalue weighted by Crippen LogP contribution is 2.35. The molecule has 1 unspecified atom stereocenters. The third-order valence-corrected chi connectivity index (χ3v) is 4.35. The molecule has 7 heteroatoms. The number of carbonyl (C=O) groups is 2. The van der Waals surface area contributed by atoms with E-state index in [4.69, 9.17) is 14.2 Å². The van der Waals surface area contributed by atoms with Crippen molar-refractivity contribution in [3.63, 3.8) is 0 Å². The molecule has 3 aromatic carbocycles. The van der Waals surface area contributed by atoms with Gasteiger partial charge < -0.3 is 14.2 Å². The maximum atomic E-state index is 13.3. The van der Waals surface area contributed by atoms with E-state index in [1.54, 1.807) is 32.9 Å². The van der Waals surface area contributed by atoms with Crippen molar-refractivity contribution in [1.29, 1.82) is 0 Å². The van der Waals surface area contributed by atoms with E-state index in [1.165, 1.54) is 31.4 Å². The fourth-order valence-corrected chi connectivity index (χ4v) is 3.02. The van der Waals surface area contributed by atoms with Gasteiger partial charge in [-0.3, -0.25) is 5.32 Å². The molecule has 6 nitrogen and oxygen atoms in total. The van der Waals surface area contributed by atoms with Crippen molar-refractivity contribution >= 4 is 28.5 Å². The van der Waals surface area contributed by atoms with E-state index in [2.05, 4.69) is 5.32 Å². The number of hydrogen-bond acceptors (Lipinski definition) is 5. The van der Waals surface area contributed by atoms with Crippen LogP contribution in [0.25, 0.3) is 10.8 Å². The first kappa shape index (κ1) is 22.1. The first-order valence-electron chi connectivity index (χ1n) is 9.69. The third kappa shape index (κ3) is 5.51. The van der Waals surface area contributed by atoms with Gasteiger partial charge in [-0.05, 0) is 45.0 Å². The highest BCUT2D eigenvalue weighted by atomic mass is 19.1. The summed E-state index contributed by atoms with van der Waals surface area (Å²) in [6, 6.07) is 16.0. The van der Waals surface area contributed by atoms with Gasteiger partial charge in [0.25, 0.3) is 0 Å². The third-order valence-electron chi connectivity index (χ3n) is 4.35. The Bertz CT molecular complexity index is 1090. The average molecular weight is 425 g/mol. The lowest BCUT2D eigenvalue weighted by Gasteiger charge is -2.21. The molecule has 1 N–H and O–H groups in total. The number of hydrogen-bond donors (Lipinski definition) is 1. The van der Waals surface area contributed by atoms with Crippen LogP contribution in [-0.4, -0.2) is 24.8 Å². The fourth-order valence-electron chi connectivity index (χ4n) is 3.02. The van der Waals surface area contributed by atoms with Crippen molar-refractivity contribution in [1.82, 2.24) is 0 Å². The van der Waals surface area contributed by atoms with Gasteiger partial charge in [-0.2, -0.15) is 0 Å². The predicted molar refractivity (Wildman–Crippen MR) is 116 cm³/mol. The molecule has 3 rings (SSSR count). The van der Waals surface area contributed by atoms with E-state index in [9.17, 15) is 14.0 Å². The van der Waals surface area contributed by atoms with Crippen LogP contribution in [0.1, 0.15) is 32.4 Å². The van der Waals surface area contributed by atoms with Gasteiger partial charge in [0.05, 0.1) is 12.8 Å². The number of benzene rings is 3. The normalized spacial score (nSPS) is 12.2. The minimum atomic E-state index is -1.08. The minimum Gasteiger partial charge on any atom is -0.473 e. The highest BCUT2D eigenvalue weighted by molar-refractivity contribution is 6.02. The second kappa shape index (κ2) is 9.04. The number of anilines is 1. The standard InChI is InChI=1S/C24H24FNO5/c1-24(2,3)31-23(28)26-19-13-14-20(18-8-6-5-7-17(18)19)30-21(22(27)29-4)15-9-11-16(25)12-10-15/h5-14,21H,1-4H3,(H,26,28). The van der Waals surface area contributed by atoms with Gasteiger partial charge >= 0.3 is 12.1 Å². The Labute approximate surface area is 179 Å². The van der Waals surface area contributed by atoms with E-state index >= 15 is 0 Å². The van der Waals surface area contributed by atoms with Gasteiger partial charge in [0.2, 0.25) is 6.10 Å². The smallest absolute Gasteiger partial charge is 0.412 e. The highest BCUT2D eigenvalue weighted by Gasteiger charge is 2.25. The molecule has 3 aromatic rings. The quantitative estimate of drug-likeness (QED) is 0.537. The summed E-state index contributed by atoms with van der Waals surface area (Å²) in [6.45, 7) is 5.35. The molecule has 0 fully saturated rings. The van der Waals surface area contributed by atoms with Crippen molar-refractivity contribution < 1.29 is 28.2 Å². The van der Waals surface area contributed by atoms with Gasteiger partial charge in [-0.1, -0.05) is 36.4 Å². The van der Waals surface area contributed by atoms with Crippen LogP contribution in [-0.2, 0) is 14.3 Å². The van der Waals surface area contributed by atoms with Crippen molar-refractivity contribution in [2.45, 2.75) is 32.5 Å². The van der Waals surface area contributed by atoms with Gasteiger partial charge in [-0.15, -0.1) is 0 Å². The lowest BCUT2D eigenvalue weighted by molar-refractivity contribution is -0.149. The number of amides is 1. The van der Waals surface area contributed by atoms with Gasteiger partial charge in [-0.25, -0.2) is 14.0 Å². The molecule has 162 valence electrons. The fraction of sp³-hybridized carbons (Fsp3) is 0.250. The summed E-state index contributed by atoms with van der Waals surface area (Å²) in [7, 11) is 1.26. The zero-order valence-electron chi connectivity index (χ0n) is 17.8. The average Bonchev–Trinajstić information content (AvgIpc) is 2.72. The number of carbonyl (C=O) groups excluding carboxylic acids is 2. The number of rotatable bonds is 5. The number of nitrogens with one attached hydrogen (secondary N) is 1. The molecule has 0 bridgehead atoms. The number of ether oxygens (including phenoxy) is 3. The van der Waals surface area contributed by atoms with Crippen LogP contribution in [0.3, 0.4) is 0 Å². The Balaban J connectivity index is 1.96. The van der Waals surface area contributed by atoms with Crippen LogP contribution in [0.5, 0.6) is 5.75 Å². The molecule has 31 heavy (non-hydrogen) atoms. The number of methoxy groups -OCH3 is 1.